The monoisotopic (exact) mass is 406 g/mol. The Kier molecular flexibility index (Phi) is 7.60. The molecule has 0 fully saturated rings. The molecule has 3 N–H and O–H groups in total. The molecule has 0 bridgehead atoms. The smallest absolute Gasteiger partial charge is 0.236 e. The Bertz CT molecular complexity index is 524. The topological polar surface area (TPSA) is 76.4 Å². The molecule has 0 saturated carbocycles. The number of unbranched alkanes of at least 4 members (excludes halogenated alkanes) is 1. The van der Waals surface area contributed by atoms with Crippen molar-refractivity contribution >= 4 is 41.3 Å². The molecule has 110 valence electrons. The number of nitrogens with zero attached hydrogens (tertiary/aromatic N) is 2. The van der Waals surface area contributed by atoms with Gasteiger partial charge in [-0.3, -0.25) is 0 Å². The zero-order valence-electron chi connectivity index (χ0n) is 11.3. The molecule has 0 unspecified atom stereocenters. The first-order valence-corrected chi connectivity index (χ1v) is 7.19. The first-order chi connectivity index (χ1) is 9.29. The predicted octanol–water partition coefficient (Wildman–Crippen LogP) is 3.23. The molecule has 20 heavy (non-hydrogen) atoms. The molecule has 0 amide bonds. The van der Waals surface area contributed by atoms with Crippen molar-refractivity contribution in [1.82, 2.24) is 10.3 Å². The molecule has 0 spiro atoms. The highest BCUT2D eigenvalue weighted by Crippen LogP contribution is 2.23. The van der Waals surface area contributed by atoms with Crippen LogP contribution in [0.1, 0.15) is 25.5 Å². The van der Waals surface area contributed by atoms with Crippen LogP contribution in [0.15, 0.2) is 33.2 Å². The number of rotatable bonds is 6. The van der Waals surface area contributed by atoms with Gasteiger partial charge in [0.15, 0.2) is 5.96 Å². The number of guanidine groups is 1. The molecule has 0 atom stereocenters. The number of hydrogen-bond acceptors (Lipinski definition) is 4. The van der Waals surface area contributed by atoms with Crippen LogP contribution in [0.25, 0.3) is 10.8 Å². The summed E-state index contributed by atoms with van der Waals surface area (Å²) in [5.74, 6) is 1.09. The molecule has 2 aromatic heterocycles. The van der Waals surface area contributed by atoms with E-state index in [0.29, 0.717) is 18.4 Å². The standard InChI is InChI=1S/C13H18N4OS.HI/c1-2-3-6-15-13(14)16-8-10-9-18-12(17-10)11-5-4-7-19-11;/h4-5,7,9H,2-3,6,8H2,1H3,(H3,14,15,16);1H. The predicted molar refractivity (Wildman–Crippen MR) is 93.5 cm³/mol. The van der Waals surface area contributed by atoms with Gasteiger partial charge >= 0.3 is 0 Å². The molecule has 2 heterocycles. The normalized spacial score (nSPS) is 11.2. The number of nitrogens with one attached hydrogen (secondary N) is 1. The molecule has 0 saturated heterocycles. The molecule has 0 aliphatic rings. The van der Waals surface area contributed by atoms with E-state index in [1.54, 1.807) is 17.6 Å². The van der Waals surface area contributed by atoms with Gasteiger partial charge in [0.05, 0.1) is 11.4 Å². The van der Waals surface area contributed by atoms with Gasteiger partial charge in [-0.25, -0.2) is 9.98 Å². The third-order valence-corrected chi connectivity index (χ3v) is 3.39. The van der Waals surface area contributed by atoms with E-state index in [1.807, 2.05) is 17.5 Å². The summed E-state index contributed by atoms with van der Waals surface area (Å²) < 4.78 is 5.41. The lowest BCUT2D eigenvalue weighted by Crippen LogP contribution is -2.32. The van der Waals surface area contributed by atoms with E-state index in [-0.39, 0.29) is 24.0 Å². The second-order valence-corrected chi connectivity index (χ2v) is 5.05. The summed E-state index contributed by atoms with van der Waals surface area (Å²) in [5, 5.41) is 5.05. The maximum absolute atomic E-state index is 5.75. The lowest BCUT2D eigenvalue weighted by atomic mass is 10.3. The first-order valence-electron chi connectivity index (χ1n) is 6.31. The van der Waals surface area contributed by atoms with Crippen molar-refractivity contribution in [2.24, 2.45) is 10.7 Å². The Morgan fingerprint density at radius 2 is 2.40 bits per heavy atom. The highest BCUT2D eigenvalue weighted by molar-refractivity contribution is 14.0. The second-order valence-electron chi connectivity index (χ2n) is 4.10. The van der Waals surface area contributed by atoms with Crippen molar-refractivity contribution in [3.05, 3.63) is 29.5 Å². The maximum Gasteiger partial charge on any atom is 0.236 e. The van der Waals surface area contributed by atoms with Crippen molar-refractivity contribution < 1.29 is 4.42 Å². The van der Waals surface area contributed by atoms with E-state index in [0.717, 1.165) is 30.0 Å². The van der Waals surface area contributed by atoms with E-state index in [9.17, 15) is 0 Å². The maximum atomic E-state index is 5.75. The molecule has 7 heteroatoms. The first kappa shape index (κ1) is 17.0. The fraction of sp³-hybridized carbons (Fsp3) is 0.385. The summed E-state index contributed by atoms with van der Waals surface area (Å²) in [7, 11) is 0. The second kappa shape index (κ2) is 8.96. The summed E-state index contributed by atoms with van der Waals surface area (Å²) in [6.45, 7) is 3.42. The zero-order valence-corrected chi connectivity index (χ0v) is 14.5. The molecule has 2 aromatic rings. The Morgan fingerprint density at radius 3 is 3.10 bits per heavy atom. The molecule has 0 aliphatic heterocycles. The van der Waals surface area contributed by atoms with Crippen LogP contribution in [0.2, 0.25) is 0 Å². The Labute approximate surface area is 139 Å². The van der Waals surface area contributed by atoms with Crippen molar-refractivity contribution in [3.8, 4) is 10.8 Å². The molecule has 5 nitrogen and oxygen atoms in total. The van der Waals surface area contributed by atoms with Crippen molar-refractivity contribution in [2.75, 3.05) is 6.54 Å². The Morgan fingerprint density at radius 1 is 1.55 bits per heavy atom. The minimum absolute atomic E-state index is 0. The van der Waals surface area contributed by atoms with Gasteiger partial charge in [0, 0.05) is 6.54 Å². The summed E-state index contributed by atoms with van der Waals surface area (Å²) in [6.07, 6.45) is 3.84. The molecule has 2 rings (SSSR count). The number of oxazole rings is 1. The van der Waals surface area contributed by atoms with Crippen LogP contribution in [-0.2, 0) is 6.54 Å². The average molecular weight is 406 g/mol. The number of nitrogens with two attached hydrogens (primary N) is 1. The van der Waals surface area contributed by atoms with E-state index in [1.165, 1.54) is 0 Å². The van der Waals surface area contributed by atoms with Crippen LogP contribution in [0.4, 0.5) is 0 Å². The fourth-order valence-corrected chi connectivity index (χ4v) is 2.16. The van der Waals surface area contributed by atoms with Gasteiger partial charge in [-0.15, -0.1) is 35.3 Å². The molecule has 0 aliphatic carbocycles. The third-order valence-electron chi connectivity index (χ3n) is 2.53. The van der Waals surface area contributed by atoms with E-state index < -0.39 is 0 Å². The van der Waals surface area contributed by atoms with Crippen LogP contribution in [-0.4, -0.2) is 17.5 Å². The van der Waals surface area contributed by atoms with Gasteiger partial charge in [0.2, 0.25) is 5.89 Å². The van der Waals surface area contributed by atoms with Crippen molar-refractivity contribution in [1.29, 1.82) is 0 Å². The van der Waals surface area contributed by atoms with Gasteiger partial charge in [-0.1, -0.05) is 19.4 Å². The summed E-state index contributed by atoms with van der Waals surface area (Å²) in [5.41, 5.74) is 6.53. The van der Waals surface area contributed by atoms with E-state index >= 15 is 0 Å². The SMILES string of the molecule is CCCCNC(N)=NCc1coc(-c2cccs2)n1.I. The molecule has 0 aromatic carbocycles. The zero-order chi connectivity index (χ0) is 13.5. The summed E-state index contributed by atoms with van der Waals surface area (Å²) in [6, 6.07) is 3.95. The van der Waals surface area contributed by atoms with Crippen molar-refractivity contribution in [2.45, 2.75) is 26.3 Å². The molecular weight excluding hydrogens is 387 g/mol. The minimum Gasteiger partial charge on any atom is -0.443 e. The van der Waals surface area contributed by atoms with Gasteiger partial charge in [0.25, 0.3) is 0 Å². The Balaban J connectivity index is 0.00000200. The summed E-state index contributed by atoms with van der Waals surface area (Å²) >= 11 is 1.60. The van der Waals surface area contributed by atoms with Crippen LogP contribution < -0.4 is 11.1 Å². The van der Waals surface area contributed by atoms with Crippen LogP contribution >= 0.6 is 35.3 Å². The quantitative estimate of drug-likeness (QED) is 0.334. The van der Waals surface area contributed by atoms with Crippen molar-refractivity contribution in [3.63, 3.8) is 0 Å². The third kappa shape index (κ3) is 5.12. The van der Waals surface area contributed by atoms with Gasteiger partial charge < -0.3 is 15.5 Å². The lowest BCUT2D eigenvalue weighted by Gasteiger charge is -2.02. The number of halogens is 1. The highest BCUT2D eigenvalue weighted by atomic mass is 127. The largest absolute Gasteiger partial charge is 0.443 e. The number of aromatic nitrogens is 1. The molecule has 0 radical (unpaired) electrons. The number of aliphatic imine (C=N–C) groups is 1. The van der Waals surface area contributed by atoms with Crippen LogP contribution in [0.3, 0.4) is 0 Å². The minimum atomic E-state index is 0. The lowest BCUT2D eigenvalue weighted by molar-refractivity contribution is 0.574. The Hall–Kier alpha value is -1.09. The van der Waals surface area contributed by atoms with Crippen LogP contribution in [0, 0.1) is 0 Å². The van der Waals surface area contributed by atoms with Gasteiger partial charge in [-0.2, -0.15) is 0 Å². The van der Waals surface area contributed by atoms with Gasteiger partial charge in [0.1, 0.15) is 12.0 Å². The number of thiophene rings is 1. The average Bonchev–Trinajstić information content (AvgIpc) is 3.07. The fourth-order valence-electron chi connectivity index (χ4n) is 1.51. The van der Waals surface area contributed by atoms with Gasteiger partial charge in [-0.05, 0) is 17.9 Å². The van der Waals surface area contributed by atoms with Crippen LogP contribution in [0.5, 0.6) is 0 Å². The van der Waals surface area contributed by atoms with E-state index in [2.05, 4.69) is 22.2 Å². The highest BCUT2D eigenvalue weighted by Gasteiger charge is 2.06. The van der Waals surface area contributed by atoms with E-state index in [4.69, 9.17) is 10.2 Å². The summed E-state index contributed by atoms with van der Waals surface area (Å²) in [4.78, 5) is 9.62. The molecular formula is C13H19IN4OS. The number of hydrogen-bond donors (Lipinski definition) is 2.